The highest BCUT2D eigenvalue weighted by atomic mass is 16.5. The van der Waals surface area contributed by atoms with E-state index < -0.39 is 5.60 Å². The molecule has 0 N–H and O–H groups in total. The Hall–Kier alpha value is -2.80. The van der Waals surface area contributed by atoms with E-state index in [1.54, 1.807) is 0 Å². The number of hydrogen-bond acceptors (Lipinski definition) is 1. The minimum atomic E-state index is -0.508. The maximum Gasteiger partial charge on any atom is 0.160 e. The van der Waals surface area contributed by atoms with Crippen LogP contribution < -0.4 is 0 Å². The van der Waals surface area contributed by atoms with E-state index >= 15 is 0 Å². The van der Waals surface area contributed by atoms with Gasteiger partial charge in [0.25, 0.3) is 0 Å². The Bertz CT molecular complexity index is 1010. The lowest BCUT2D eigenvalue weighted by molar-refractivity contribution is 0.0407. The zero-order chi connectivity index (χ0) is 17.6. The van der Waals surface area contributed by atoms with Crippen molar-refractivity contribution >= 4 is 10.8 Å². The molecule has 1 atom stereocenters. The normalized spacial score (nSPS) is 17.8. The summed E-state index contributed by atoms with van der Waals surface area (Å²) in [6.07, 6.45) is 0.835. The fourth-order valence-electron chi connectivity index (χ4n) is 3.96. The van der Waals surface area contributed by atoms with Crippen molar-refractivity contribution in [2.24, 2.45) is 0 Å². The molecular weight excluding hydrogens is 304 g/mol. The maximum atomic E-state index is 6.52. The highest BCUT2D eigenvalue weighted by Crippen LogP contribution is 2.54. The van der Waals surface area contributed by atoms with Crippen molar-refractivity contribution in [3.05, 3.63) is 96.3 Å². The quantitative estimate of drug-likeness (QED) is 0.388. The van der Waals surface area contributed by atoms with Gasteiger partial charge in [-0.1, -0.05) is 80.7 Å². The topological polar surface area (TPSA) is 9.23 Å². The number of hydrogen-bond donors (Lipinski definition) is 0. The van der Waals surface area contributed by atoms with E-state index in [0.717, 1.165) is 12.0 Å². The molecular formula is C24H22O. The molecule has 1 heteroatoms. The zero-order valence-corrected chi connectivity index (χ0v) is 14.8. The van der Waals surface area contributed by atoms with Crippen molar-refractivity contribution in [1.82, 2.24) is 0 Å². The first-order valence-electron chi connectivity index (χ1n) is 8.74. The SMILES string of the molecule is C=C(C)C(=C)OC1(CC)c2ccccc2-c2c1ccc1ccccc21. The highest BCUT2D eigenvalue weighted by molar-refractivity contribution is 6.02. The fraction of sp³-hybridized carbons (Fsp3) is 0.167. The second-order valence-electron chi connectivity index (χ2n) is 6.74. The molecule has 1 unspecified atom stereocenters. The number of rotatable bonds is 4. The van der Waals surface area contributed by atoms with Crippen LogP contribution in [0, 0.1) is 0 Å². The number of benzene rings is 3. The third-order valence-electron chi connectivity index (χ3n) is 5.27. The zero-order valence-electron chi connectivity index (χ0n) is 14.8. The number of fused-ring (bicyclic) bond motifs is 5. The average Bonchev–Trinajstić information content (AvgIpc) is 2.92. The van der Waals surface area contributed by atoms with E-state index in [0.29, 0.717) is 5.76 Å². The monoisotopic (exact) mass is 326 g/mol. The van der Waals surface area contributed by atoms with Gasteiger partial charge in [0.2, 0.25) is 0 Å². The van der Waals surface area contributed by atoms with Gasteiger partial charge in [0, 0.05) is 11.1 Å². The van der Waals surface area contributed by atoms with Crippen LogP contribution in [0.25, 0.3) is 21.9 Å². The summed E-state index contributed by atoms with van der Waals surface area (Å²) >= 11 is 0. The summed E-state index contributed by atoms with van der Waals surface area (Å²) in [5, 5.41) is 2.52. The van der Waals surface area contributed by atoms with Gasteiger partial charge in [0.05, 0.1) is 0 Å². The summed E-state index contributed by atoms with van der Waals surface area (Å²) < 4.78 is 6.52. The number of allylic oxidation sites excluding steroid dienone is 1. The van der Waals surface area contributed by atoms with E-state index in [-0.39, 0.29) is 0 Å². The lowest BCUT2D eigenvalue weighted by Crippen LogP contribution is -2.28. The molecule has 0 radical (unpaired) electrons. The average molecular weight is 326 g/mol. The van der Waals surface area contributed by atoms with Crippen LogP contribution in [0.15, 0.2) is 85.2 Å². The molecule has 0 saturated carbocycles. The first-order valence-corrected chi connectivity index (χ1v) is 8.74. The van der Waals surface area contributed by atoms with Crippen LogP contribution in [0.1, 0.15) is 31.4 Å². The smallest absolute Gasteiger partial charge is 0.160 e. The molecule has 1 aliphatic carbocycles. The summed E-state index contributed by atoms with van der Waals surface area (Å²) in [5.74, 6) is 0.651. The Balaban J connectivity index is 2.07. The van der Waals surface area contributed by atoms with Gasteiger partial charge in [-0.25, -0.2) is 0 Å². The largest absolute Gasteiger partial charge is 0.478 e. The Morgan fingerprint density at radius 1 is 0.920 bits per heavy atom. The predicted molar refractivity (Wildman–Crippen MR) is 105 cm³/mol. The molecule has 0 spiro atoms. The first-order chi connectivity index (χ1) is 12.1. The first kappa shape index (κ1) is 15.7. The Morgan fingerprint density at radius 3 is 2.40 bits per heavy atom. The summed E-state index contributed by atoms with van der Waals surface area (Å²) in [6, 6.07) is 21.5. The minimum absolute atomic E-state index is 0.508. The van der Waals surface area contributed by atoms with Crippen molar-refractivity contribution < 1.29 is 4.74 Å². The molecule has 25 heavy (non-hydrogen) atoms. The molecule has 0 fully saturated rings. The molecule has 1 nitrogen and oxygen atoms in total. The van der Waals surface area contributed by atoms with E-state index in [9.17, 15) is 0 Å². The maximum absolute atomic E-state index is 6.52. The van der Waals surface area contributed by atoms with Gasteiger partial charge < -0.3 is 4.74 Å². The fourth-order valence-corrected chi connectivity index (χ4v) is 3.96. The highest BCUT2D eigenvalue weighted by Gasteiger charge is 2.44. The van der Waals surface area contributed by atoms with Gasteiger partial charge >= 0.3 is 0 Å². The van der Waals surface area contributed by atoms with Crippen LogP contribution in [-0.2, 0) is 10.3 Å². The Morgan fingerprint density at radius 2 is 1.64 bits per heavy atom. The van der Waals surface area contributed by atoms with Gasteiger partial charge in [0.1, 0.15) is 5.76 Å². The Kier molecular flexibility index (Phi) is 3.54. The van der Waals surface area contributed by atoms with E-state index in [1.807, 2.05) is 6.92 Å². The summed E-state index contributed by atoms with van der Waals surface area (Å²) in [5.41, 5.74) is 5.32. The van der Waals surface area contributed by atoms with E-state index in [4.69, 9.17) is 4.74 Å². The van der Waals surface area contributed by atoms with E-state index in [1.165, 1.54) is 33.0 Å². The van der Waals surface area contributed by atoms with Crippen molar-refractivity contribution in [2.75, 3.05) is 0 Å². The predicted octanol–water partition coefficient (Wildman–Crippen LogP) is 6.58. The van der Waals surface area contributed by atoms with Gasteiger partial charge in [-0.3, -0.25) is 0 Å². The molecule has 0 aliphatic heterocycles. The van der Waals surface area contributed by atoms with Crippen LogP contribution >= 0.6 is 0 Å². The van der Waals surface area contributed by atoms with Crippen LogP contribution in [0.2, 0.25) is 0 Å². The minimum Gasteiger partial charge on any atom is -0.478 e. The Labute approximate surface area is 149 Å². The lowest BCUT2D eigenvalue weighted by atomic mass is 9.87. The summed E-state index contributed by atoms with van der Waals surface area (Å²) in [6.45, 7) is 12.2. The molecule has 0 bridgehead atoms. The third kappa shape index (κ3) is 2.16. The molecule has 3 aromatic rings. The second-order valence-corrected chi connectivity index (χ2v) is 6.74. The van der Waals surface area contributed by atoms with Crippen LogP contribution in [-0.4, -0.2) is 0 Å². The van der Waals surface area contributed by atoms with Gasteiger partial charge in [-0.15, -0.1) is 0 Å². The molecule has 1 aliphatic rings. The van der Waals surface area contributed by atoms with Crippen molar-refractivity contribution in [3.8, 4) is 11.1 Å². The van der Waals surface area contributed by atoms with Crippen LogP contribution in [0.5, 0.6) is 0 Å². The van der Waals surface area contributed by atoms with Gasteiger partial charge in [0.15, 0.2) is 5.60 Å². The molecule has 3 aromatic carbocycles. The third-order valence-corrected chi connectivity index (χ3v) is 5.27. The summed E-state index contributed by atoms with van der Waals surface area (Å²) in [7, 11) is 0. The van der Waals surface area contributed by atoms with Gasteiger partial charge in [-0.05, 0) is 40.8 Å². The van der Waals surface area contributed by atoms with E-state index in [2.05, 4.69) is 80.7 Å². The van der Waals surface area contributed by atoms with Crippen molar-refractivity contribution in [2.45, 2.75) is 25.9 Å². The van der Waals surface area contributed by atoms with Crippen molar-refractivity contribution in [3.63, 3.8) is 0 Å². The van der Waals surface area contributed by atoms with Crippen LogP contribution in [0.3, 0.4) is 0 Å². The molecule has 0 aromatic heterocycles. The summed E-state index contributed by atoms with van der Waals surface area (Å²) in [4.78, 5) is 0. The standard InChI is InChI=1S/C24H22O/c1-5-24(25-17(4)16(2)3)21-13-9-8-12-20(21)23-19-11-7-6-10-18(19)14-15-22(23)24/h6-15H,2,4-5H2,1,3H3. The molecule has 0 amide bonds. The lowest BCUT2D eigenvalue weighted by Gasteiger charge is -2.33. The second kappa shape index (κ2) is 5.63. The molecule has 124 valence electrons. The van der Waals surface area contributed by atoms with Crippen molar-refractivity contribution in [1.29, 1.82) is 0 Å². The molecule has 0 heterocycles. The van der Waals surface area contributed by atoms with Gasteiger partial charge in [-0.2, -0.15) is 0 Å². The molecule has 4 rings (SSSR count). The molecule has 0 saturated heterocycles. The van der Waals surface area contributed by atoms with Crippen LogP contribution in [0.4, 0.5) is 0 Å². The number of ether oxygens (including phenoxy) is 1.